The highest BCUT2D eigenvalue weighted by atomic mass is 32.1. The normalized spacial score (nSPS) is 20.8. The lowest BCUT2D eigenvalue weighted by Crippen LogP contribution is -2.42. The Kier molecular flexibility index (Phi) is 5.32. The standard InChI is InChI=1S/C17H24N2O4S/c1-10-6-7-14(24-10)15(21)18-13-9-19(8-12(13)11(2)20)16(22)23-17(3,4)5/h6-7,12-13H,8-9H2,1-5H3,(H,18,21)/t12-,13+/m1/s1. The van der Waals surface area contributed by atoms with Crippen LogP contribution in [-0.2, 0) is 9.53 Å². The van der Waals surface area contributed by atoms with Gasteiger partial charge in [0, 0.05) is 18.0 Å². The summed E-state index contributed by atoms with van der Waals surface area (Å²) in [5, 5.41) is 2.89. The van der Waals surface area contributed by atoms with Crippen molar-refractivity contribution in [2.75, 3.05) is 13.1 Å². The fourth-order valence-corrected chi connectivity index (χ4v) is 3.40. The lowest BCUT2D eigenvalue weighted by Gasteiger charge is -2.24. The number of ketones is 1. The third-order valence-corrected chi connectivity index (χ3v) is 4.77. The molecule has 24 heavy (non-hydrogen) atoms. The van der Waals surface area contributed by atoms with Gasteiger partial charge in [-0.05, 0) is 46.8 Å². The highest BCUT2D eigenvalue weighted by Gasteiger charge is 2.40. The number of hydrogen-bond donors (Lipinski definition) is 1. The van der Waals surface area contributed by atoms with E-state index in [2.05, 4.69) is 5.32 Å². The molecule has 1 saturated heterocycles. The second-order valence-corrected chi connectivity index (χ2v) is 8.38. The lowest BCUT2D eigenvalue weighted by molar-refractivity contribution is -0.120. The first kappa shape index (κ1) is 18.4. The average Bonchev–Trinajstić information content (AvgIpc) is 3.03. The number of hydrogen-bond acceptors (Lipinski definition) is 5. The van der Waals surface area contributed by atoms with Crippen molar-refractivity contribution >= 4 is 29.1 Å². The van der Waals surface area contributed by atoms with Crippen molar-refractivity contribution in [2.24, 2.45) is 5.92 Å². The van der Waals surface area contributed by atoms with E-state index in [9.17, 15) is 14.4 Å². The molecule has 0 aliphatic carbocycles. The molecular weight excluding hydrogens is 328 g/mol. The molecule has 1 N–H and O–H groups in total. The van der Waals surface area contributed by atoms with Crippen molar-refractivity contribution in [1.82, 2.24) is 10.2 Å². The van der Waals surface area contributed by atoms with Crippen LogP contribution in [0.15, 0.2) is 12.1 Å². The highest BCUT2D eigenvalue weighted by Crippen LogP contribution is 2.22. The van der Waals surface area contributed by atoms with Gasteiger partial charge in [-0.25, -0.2) is 4.79 Å². The van der Waals surface area contributed by atoms with Crippen LogP contribution in [-0.4, -0.2) is 47.4 Å². The summed E-state index contributed by atoms with van der Waals surface area (Å²) in [7, 11) is 0. The number of likely N-dealkylation sites (tertiary alicyclic amines) is 1. The summed E-state index contributed by atoms with van der Waals surface area (Å²) in [5.41, 5.74) is -0.599. The van der Waals surface area contributed by atoms with Gasteiger partial charge in [-0.3, -0.25) is 9.59 Å². The molecule has 2 rings (SSSR count). The maximum atomic E-state index is 12.3. The molecular formula is C17H24N2O4S. The average molecular weight is 352 g/mol. The molecule has 0 aromatic carbocycles. The Morgan fingerprint density at radius 3 is 2.42 bits per heavy atom. The van der Waals surface area contributed by atoms with Gasteiger partial charge in [0.1, 0.15) is 11.4 Å². The van der Waals surface area contributed by atoms with Gasteiger partial charge < -0.3 is 15.0 Å². The maximum Gasteiger partial charge on any atom is 0.410 e. The van der Waals surface area contributed by atoms with Crippen molar-refractivity contribution in [2.45, 2.75) is 46.3 Å². The first-order valence-corrected chi connectivity index (χ1v) is 8.74. The minimum Gasteiger partial charge on any atom is -0.444 e. The lowest BCUT2D eigenvalue weighted by atomic mass is 9.99. The number of nitrogens with one attached hydrogen (secondary N) is 1. The van der Waals surface area contributed by atoms with Crippen molar-refractivity contribution < 1.29 is 19.1 Å². The van der Waals surface area contributed by atoms with Gasteiger partial charge in [-0.2, -0.15) is 0 Å². The van der Waals surface area contributed by atoms with Crippen LogP contribution in [0.25, 0.3) is 0 Å². The summed E-state index contributed by atoms with van der Waals surface area (Å²) in [6.07, 6.45) is -0.461. The number of nitrogens with zero attached hydrogens (tertiary/aromatic N) is 1. The summed E-state index contributed by atoms with van der Waals surface area (Å²) < 4.78 is 5.36. The summed E-state index contributed by atoms with van der Waals surface area (Å²) in [6.45, 7) is 9.33. The second kappa shape index (κ2) is 6.93. The van der Waals surface area contributed by atoms with Crippen LogP contribution in [0.4, 0.5) is 4.79 Å². The molecule has 0 spiro atoms. The van der Waals surface area contributed by atoms with Crippen molar-refractivity contribution in [3.05, 3.63) is 21.9 Å². The zero-order valence-electron chi connectivity index (χ0n) is 14.7. The Morgan fingerprint density at radius 1 is 1.25 bits per heavy atom. The first-order chi connectivity index (χ1) is 11.1. The molecule has 2 amide bonds. The SMILES string of the molecule is CC(=O)[C@H]1CN(C(=O)OC(C)(C)C)C[C@@H]1NC(=O)c1ccc(C)s1. The zero-order valence-corrected chi connectivity index (χ0v) is 15.5. The third-order valence-electron chi connectivity index (χ3n) is 3.77. The molecule has 7 heteroatoms. The third kappa shape index (κ3) is 4.56. The van der Waals surface area contributed by atoms with Gasteiger partial charge in [0.25, 0.3) is 5.91 Å². The van der Waals surface area contributed by atoms with Crippen LogP contribution in [0.5, 0.6) is 0 Å². The number of carbonyl (C=O) groups is 3. The van der Waals surface area contributed by atoms with E-state index < -0.39 is 23.7 Å². The molecule has 1 aliphatic rings. The van der Waals surface area contributed by atoms with E-state index in [1.807, 2.05) is 13.0 Å². The van der Waals surface area contributed by atoms with E-state index in [1.165, 1.54) is 23.2 Å². The number of Topliss-reactive ketones (excluding diaryl/α,β-unsaturated/α-hetero) is 1. The van der Waals surface area contributed by atoms with E-state index in [-0.39, 0.29) is 24.8 Å². The van der Waals surface area contributed by atoms with E-state index in [0.717, 1.165) is 4.88 Å². The fourth-order valence-electron chi connectivity index (χ4n) is 2.63. The summed E-state index contributed by atoms with van der Waals surface area (Å²) >= 11 is 1.40. The molecule has 0 saturated carbocycles. The van der Waals surface area contributed by atoms with E-state index in [4.69, 9.17) is 4.74 Å². The topological polar surface area (TPSA) is 75.7 Å². The molecule has 0 bridgehead atoms. The molecule has 1 fully saturated rings. The van der Waals surface area contributed by atoms with Gasteiger partial charge >= 0.3 is 6.09 Å². The minimum atomic E-state index is -0.599. The number of ether oxygens (including phenoxy) is 1. The van der Waals surface area contributed by atoms with Crippen LogP contribution < -0.4 is 5.32 Å². The van der Waals surface area contributed by atoms with Gasteiger partial charge in [0.05, 0.1) is 16.8 Å². The molecule has 0 unspecified atom stereocenters. The van der Waals surface area contributed by atoms with Crippen LogP contribution in [0.1, 0.15) is 42.2 Å². The number of rotatable bonds is 3. The summed E-state index contributed by atoms with van der Waals surface area (Å²) in [5.74, 6) is -0.674. The van der Waals surface area contributed by atoms with E-state index in [0.29, 0.717) is 4.88 Å². The second-order valence-electron chi connectivity index (χ2n) is 7.09. The van der Waals surface area contributed by atoms with Gasteiger partial charge in [0.15, 0.2) is 0 Å². The number of carbonyl (C=O) groups excluding carboxylic acids is 3. The predicted octanol–water partition coefficient (Wildman–Crippen LogP) is 2.61. The Hall–Kier alpha value is -1.89. The minimum absolute atomic E-state index is 0.0475. The maximum absolute atomic E-state index is 12.3. The predicted molar refractivity (Wildman–Crippen MR) is 92.3 cm³/mol. The van der Waals surface area contributed by atoms with Crippen LogP contribution in [0.2, 0.25) is 0 Å². The Balaban J connectivity index is 2.06. The Bertz CT molecular complexity index is 647. The molecule has 2 atom stereocenters. The smallest absolute Gasteiger partial charge is 0.410 e. The van der Waals surface area contributed by atoms with E-state index in [1.54, 1.807) is 26.8 Å². The number of aryl methyl sites for hydroxylation is 1. The van der Waals surface area contributed by atoms with Crippen LogP contribution in [0, 0.1) is 12.8 Å². The van der Waals surface area contributed by atoms with Gasteiger partial charge in [0.2, 0.25) is 0 Å². The molecule has 132 valence electrons. The Labute approximate surface area is 146 Å². The number of thiophene rings is 1. The molecule has 6 nitrogen and oxygen atoms in total. The van der Waals surface area contributed by atoms with Crippen molar-refractivity contribution in [1.29, 1.82) is 0 Å². The van der Waals surface area contributed by atoms with Gasteiger partial charge in [-0.1, -0.05) is 0 Å². The highest BCUT2D eigenvalue weighted by molar-refractivity contribution is 7.13. The monoisotopic (exact) mass is 352 g/mol. The summed E-state index contributed by atoms with van der Waals surface area (Å²) in [6, 6.07) is 3.24. The van der Waals surface area contributed by atoms with Crippen molar-refractivity contribution in [3.63, 3.8) is 0 Å². The largest absolute Gasteiger partial charge is 0.444 e. The molecule has 1 aromatic heterocycles. The number of amides is 2. The molecule has 2 heterocycles. The zero-order chi connectivity index (χ0) is 18.1. The molecule has 0 radical (unpaired) electrons. The molecule has 1 aliphatic heterocycles. The Morgan fingerprint density at radius 2 is 1.92 bits per heavy atom. The van der Waals surface area contributed by atoms with E-state index >= 15 is 0 Å². The first-order valence-electron chi connectivity index (χ1n) is 7.92. The van der Waals surface area contributed by atoms with Crippen LogP contribution >= 0.6 is 11.3 Å². The van der Waals surface area contributed by atoms with Gasteiger partial charge in [-0.15, -0.1) is 11.3 Å². The van der Waals surface area contributed by atoms with Crippen LogP contribution in [0.3, 0.4) is 0 Å². The van der Waals surface area contributed by atoms with Crippen molar-refractivity contribution in [3.8, 4) is 0 Å². The molecule has 1 aromatic rings. The quantitative estimate of drug-likeness (QED) is 0.907. The fraction of sp³-hybridized carbons (Fsp3) is 0.588. The summed E-state index contributed by atoms with van der Waals surface area (Å²) in [4.78, 5) is 39.6.